The standard InChI is InChI=1S/C15H18FNS/c1-10-4-9-15(18-10)12(3)17-11(2)13-5-7-14(16)8-6-13/h4-9,11-12,17H,1-3H3. The molecule has 1 aromatic heterocycles. The fourth-order valence-corrected chi connectivity index (χ4v) is 2.88. The second-order valence-corrected chi connectivity index (χ2v) is 5.93. The minimum atomic E-state index is -0.187. The van der Waals surface area contributed by atoms with Crippen LogP contribution >= 0.6 is 11.3 Å². The van der Waals surface area contributed by atoms with E-state index in [2.05, 4.69) is 38.2 Å². The molecule has 0 bridgehead atoms. The van der Waals surface area contributed by atoms with Crippen LogP contribution in [0.3, 0.4) is 0 Å². The van der Waals surface area contributed by atoms with Crippen molar-refractivity contribution in [1.29, 1.82) is 0 Å². The lowest BCUT2D eigenvalue weighted by molar-refractivity contribution is 0.499. The highest BCUT2D eigenvalue weighted by atomic mass is 32.1. The minimum Gasteiger partial charge on any atom is -0.303 e. The molecule has 0 saturated carbocycles. The van der Waals surface area contributed by atoms with Crippen LogP contribution in [0, 0.1) is 12.7 Å². The zero-order valence-corrected chi connectivity index (χ0v) is 11.7. The molecule has 96 valence electrons. The Bertz CT molecular complexity index is 503. The van der Waals surface area contributed by atoms with Crippen molar-refractivity contribution in [3.63, 3.8) is 0 Å². The summed E-state index contributed by atoms with van der Waals surface area (Å²) in [7, 11) is 0. The van der Waals surface area contributed by atoms with Crippen LogP contribution in [0.15, 0.2) is 36.4 Å². The normalized spacial score (nSPS) is 14.4. The van der Waals surface area contributed by atoms with E-state index >= 15 is 0 Å². The van der Waals surface area contributed by atoms with Gasteiger partial charge in [-0.3, -0.25) is 0 Å². The van der Waals surface area contributed by atoms with E-state index < -0.39 is 0 Å². The van der Waals surface area contributed by atoms with Gasteiger partial charge in [-0.15, -0.1) is 11.3 Å². The number of hydrogen-bond donors (Lipinski definition) is 1. The van der Waals surface area contributed by atoms with Gasteiger partial charge in [0.05, 0.1) is 0 Å². The molecule has 2 atom stereocenters. The number of thiophene rings is 1. The zero-order valence-electron chi connectivity index (χ0n) is 10.9. The van der Waals surface area contributed by atoms with E-state index in [0.717, 1.165) is 5.56 Å². The second-order valence-electron chi connectivity index (χ2n) is 4.61. The maximum Gasteiger partial charge on any atom is 0.123 e. The summed E-state index contributed by atoms with van der Waals surface area (Å²) in [4.78, 5) is 2.66. The quantitative estimate of drug-likeness (QED) is 0.849. The zero-order chi connectivity index (χ0) is 13.1. The highest BCUT2D eigenvalue weighted by Gasteiger charge is 2.12. The highest BCUT2D eigenvalue weighted by Crippen LogP contribution is 2.25. The number of aryl methyl sites for hydroxylation is 1. The first kappa shape index (κ1) is 13.2. The fraction of sp³-hybridized carbons (Fsp3) is 0.333. The molecule has 0 aliphatic carbocycles. The smallest absolute Gasteiger partial charge is 0.123 e. The van der Waals surface area contributed by atoms with Gasteiger partial charge in [0, 0.05) is 21.8 Å². The minimum absolute atomic E-state index is 0.187. The fourth-order valence-electron chi connectivity index (χ4n) is 1.99. The van der Waals surface area contributed by atoms with Crippen molar-refractivity contribution < 1.29 is 4.39 Å². The van der Waals surface area contributed by atoms with Gasteiger partial charge in [0.1, 0.15) is 5.82 Å². The van der Waals surface area contributed by atoms with E-state index in [1.807, 2.05) is 23.5 Å². The molecule has 0 fully saturated rings. The third-order valence-electron chi connectivity index (χ3n) is 3.06. The third-order valence-corrected chi connectivity index (χ3v) is 4.24. The third kappa shape index (κ3) is 3.18. The van der Waals surface area contributed by atoms with Crippen molar-refractivity contribution >= 4 is 11.3 Å². The average molecular weight is 263 g/mol. The van der Waals surface area contributed by atoms with Gasteiger partial charge in [0.2, 0.25) is 0 Å². The summed E-state index contributed by atoms with van der Waals surface area (Å²) < 4.78 is 12.9. The van der Waals surface area contributed by atoms with Gasteiger partial charge in [-0.2, -0.15) is 0 Å². The van der Waals surface area contributed by atoms with Crippen molar-refractivity contribution in [2.24, 2.45) is 0 Å². The van der Waals surface area contributed by atoms with Crippen molar-refractivity contribution in [1.82, 2.24) is 5.32 Å². The van der Waals surface area contributed by atoms with Gasteiger partial charge >= 0.3 is 0 Å². The summed E-state index contributed by atoms with van der Waals surface area (Å²) in [5, 5.41) is 3.53. The molecule has 0 amide bonds. The number of nitrogens with one attached hydrogen (secondary N) is 1. The Hall–Kier alpha value is -1.19. The molecule has 0 radical (unpaired) electrons. The van der Waals surface area contributed by atoms with Crippen LogP contribution in [0.5, 0.6) is 0 Å². The van der Waals surface area contributed by atoms with Gasteiger partial charge in [0.15, 0.2) is 0 Å². The summed E-state index contributed by atoms with van der Waals surface area (Å²) >= 11 is 1.81. The number of benzene rings is 1. The number of hydrogen-bond acceptors (Lipinski definition) is 2. The Morgan fingerprint density at radius 2 is 1.67 bits per heavy atom. The monoisotopic (exact) mass is 263 g/mol. The SMILES string of the molecule is Cc1ccc(C(C)NC(C)c2ccc(F)cc2)s1. The Morgan fingerprint density at radius 3 is 2.22 bits per heavy atom. The first-order valence-electron chi connectivity index (χ1n) is 6.14. The average Bonchev–Trinajstić information content (AvgIpc) is 2.76. The Kier molecular flexibility index (Phi) is 4.15. The van der Waals surface area contributed by atoms with Crippen molar-refractivity contribution in [3.05, 3.63) is 57.5 Å². The summed E-state index contributed by atoms with van der Waals surface area (Å²) in [6, 6.07) is 11.5. The van der Waals surface area contributed by atoms with Gasteiger partial charge in [-0.05, 0) is 50.6 Å². The molecule has 2 aromatic rings. The van der Waals surface area contributed by atoms with Crippen molar-refractivity contribution in [2.45, 2.75) is 32.9 Å². The van der Waals surface area contributed by atoms with E-state index in [0.29, 0.717) is 6.04 Å². The van der Waals surface area contributed by atoms with Crippen LogP contribution in [-0.4, -0.2) is 0 Å². The molecule has 1 aromatic carbocycles. The largest absolute Gasteiger partial charge is 0.303 e. The molecule has 0 aliphatic rings. The first-order chi connectivity index (χ1) is 8.56. The summed E-state index contributed by atoms with van der Waals surface area (Å²) in [6.07, 6.45) is 0. The maximum absolute atomic E-state index is 12.9. The topological polar surface area (TPSA) is 12.0 Å². The molecule has 0 saturated heterocycles. The molecule has 1 N–H and O–H groups in total. The molecule has 1 nitrogen and oxygen atoms in total. The van der Waals surface area contributed by atoms with Crippen LogP contribution < -0.4 is 5.32 Å². The molecule has 3 heteroatoms. The van der Waals surface area contributed by atoms with E-state index in [4.69, 9.17) is 0 Å². The molecule has 0 spiro atoms. The Labute approximate surface area is 112 Å². The van der Waals surface area contributed by atoms with Gasteiger partial charge in [-0.25, -0.2) is 4.39 Å². The molecule has 2 rings (SSSR count). The van der Waals surface area contributed by atoms with Gasteiger partial charge < -0.3 is 5.32 Å². The lowest BCUT2D eigenvalue weighted by Gasteiger charge is -2.19. The van der Waals surface area contributed by atoms with Crippen LogP contribution in [0.2, 0.25) is 0 Å². The maximum atomic E-state index is 12.9. The summed E-state index contributed by atoms with van der Waals surface area (Å²) in [5.74, 6) is -0.187. The first-order valence-corrected chi connectivity index (χ1v) is 6.96. The highest BCUT2D eigenvalue weighted by molar-refractivity contribution is 7.12. The predicted molar refractivity (Wildman–Crippen MR) is 75.4 cm³/mol. The Balaban J connectivity index is 2.02. The number of halogens is 1. The van der Waals surface area contributed by atoms with E-state index in [-0.39, 0.29) is 11.9 Å². The predicted octanol–water partition coefficient (Wildman–Crippen LogP) is 4.61. The van der Waals surface area contributed by atoms with Crippen molar-refractivity contribution in [2.75, 3.05) is 0 Å². The van der Waals surface area contributed by atoms with E-state index in [1.165, 1.54) is 21.9 Å². The van der Waals surface area contributed by atoms with Crippen molar-refractivity contribution in [3.8, 4) is 0 Å². The molecule has 18 heavy (non-hydrogen) atoms. The van der Waals surface area contributed by atoms with Crippen LogP contribution in [0.4, 0.5) is 4.39 Å². The van der Waals surface area contributed by atoms with E-state index in [1.54, 1.807) is 0 Å². The molecular formula is C15H18FNS. The van der Waals surface area contributed by atoms with Gasteiger partial charge in [-0.1, -0.05) is 12.1 Å². The summed E-state index contributed by atoms with van der Waals surface area (Å²) in [5.41, 5.74) is 1.11. The lowest BCUT2D eigenvalue weighted by atomic mass is 10.1. The molecule has 0 aliphatic heterocycles. The second kappa shape index (κ2) is 5.63. The van der Waals surface area contributed by atoms with Crippen LogP contribution in [0.25, 0.3) is 0 Å². The van der Waals surface area contributed by atoms with Crippen LogP contribution in [0.1, 0.15) is 41.2 Å². The summed E-state index contributed by atoms with van der Waals surface area (Å²) in [6.45, 7) is 6.37. The Morgan fingerprint density at radius 1 is 1.00 bits per heavy atom. The lowest BCUT2D eigenvalue weighted by Crippen LogP contribution is -2.21. The molecule has 2 unspecified atom stereocenters. The van der Waals surface area contributed by atoms with Crippen LogP contribution in [-0.2, 0) is 0 Å². The molecule has 1 heterocycles. The van der Waals surface area contributed by atoms with E-state index in [9.17, 15) is 4.39 Å². The number of rotatable bonds is 4. The molecular weight excluding hydrogens is 245 g/mol. The van der Waals surface area contributed by atoms with Gasteiger partial charge in [0.25, 0.3) is 0 Å².